The summed E-state index contributed by atoms with van der Waals surface area (Å²) in [4.78, 5) is 11.3. The molecule has 0 radical (unpaired) electrons. The van der Waals surface area contributed by atoms with Crippen molar-refractivity contribution in [3.63, 3.8) is 0 Å². The van der Waals surface area contributed by atoms with E-state index in [1.807, 2.05) is 18.2 Å². The van der Waals surface area contributed by atoms with E-state index in [1.54, 1.807) is 6.20 Å². The lowest BCUT2D eigenvalue weighted by Gasteiger charge is -2.01. The third kappa shape index (κ3) is 1.90. The predicted molar refractivity (Wildman–Crippen MR) is 70.4 cm³/mol. The number of aromatic amines is 2. The molecule has 0 atom stereocenters. The number of carbonyl (C=O) groups is 1. The Hall–Kier alpha value is -2.83. The molecule has 0 aliphatic heterocycles. The Bertz CT molecular complexity index is 757. The number of nitrogens with two attached hydrogens (primary N) is 2. The summed E-state index contributed by atoms with van der Waals surface area (Å²) in [6.07, 6.45) is 2.25. The van der Waals surface area contributed by atoms with E-state index in [-0.39, 0.29) is 11.4 Å². The van der Waals surface area contributed by atoms with Gasteiger partial charge in [0.05, 0.1) is 17.4 Å². The number of amides is 1. The van der Waals surface area contributed by atoms with Crippen molar-refractivity contribution in [2.24, 2.45) is 5.73 Å². The molecule has 0 unspecified atom stereocenters. The number of hydrogen-bond acceptors (Lipinski definition) is 4. The fraction of sp³-hybridized carbons (Fsp3) is 0.0833. The number of aromatic nitrogens is 4. The molecule has 0 aliphatic rings. The molecule has 0 fully saturated rings. The van der Waals surface area contributed by atoms with Crippen LogP contribution in [0.1, 0.15) is 21.6 Å². The maximum absolute atomic E-state index is 11.3. The zero-order valence-electron chi connectivity index (χ0n) is 9.97. The van der Waals surface area contributed by atoms with Gasteiger partial charge in [0, 0.05) is 11.8 Å². The summed E-state index contributed by atoms with van der Waals surface area (Å²) >= 11 is 0. The van der Waals surface area contributed by atoms with Crippen molar-refractivity contribution in [1.82, 2.24) is 20.4 Å². The largest absolute Gasteiger partial charge is 0.382 e. The number of H-pyrrole nitrogens is 2. The first kappa shape index (κ1) is 11.3. The number of carbonyl (C=O) groups excluding carboxylic acids is 1. The molecule has 6 N–H and O–H groups in total. The minimum atomic E-state index is -0.578. The van der Waals surface area contributed by atoms with Crippen molar-refractivity contribution in [3.8, 4) is 0 Å². The topological polar surface area (TPSA) is 126 Å². The lowest BCUT2D eigenvalue weighted by atomic mass is 10.0. The molecule has 0 saturated carbocycles. The summed E-state index contributed by atoms with van der Waals surface area (Å²) in [5.74, 6) is -0.447. The zero-order valence-corrected chi connectivity index (χ0v) is 9.97. The summed E-state index contributed by atoms with van der Waals surface area (Å²) < 4.78 is 0. The van der Waals surface area contributed by atoms with Gasteiger partial charge in [-0.05, 0) is 17.7 Å². The first-order valence-electron chi connectivity index (χ1n) is 5.69. The molecule has 2 heterocycles. The predicted octanol–water partition coefficient (Wildman–Crippen LogP) is 0.558. The monoisotopic (exact) mass is 256 g/mol. The molecule has 0 bridgehead atoms. The fourth-order valence-corrected chi connectivity index (χ4v) is 2.10. The van der Waals surface area contributed by atoms with Gasteiger partial charge in [0.25, 0.3) is 5.91 Å². The van der Waals surface area contributed by atoms with E-state index in [1.165, 1.54) is 0 Å². The molecular weight excluding hydrogens is 244 g/mol. The zero-order chi connectivity index (χ0) is 13.4. The summed E-state index contributed by atoms with van der Waals surface area (Å²) in [5.41, 5.74) is 13.8. The molecule has 2 aromatic heterocycles. The number of primary amides is 1. The van der Waals surface area contributed by atoms with Crippen molar-refractivity contribution in [2.75, 3.05) is 5.73 Å². The number of rotatable bonds is 3. The Labute approximate surface area is 108 Å². The first-order chi connectivity index (χ1) is 9.15. The van der Waals surface area contributed by atoms with Crippen LogP contribution < -0.4 is 11.5 Å². The molecule has 7 heteroatoms. The van der Waals surface area contributed by atoms with Crippen LogP contribution in [0.15, 0.2) is 24.4 Å². The van der Waals surface area contributed by atoms with E-state index in [2.05, 4.69) is 20.4 Å². The van der Waals surface area contributed by atoms with Crippen molar-refractivity contribution in [1.29, 1.82) is 0 Å². The highest BCUT2D eigenvalue weighted by atomic mass is 16.1. The molecule has 3 rings (SSSR count). The van der Waals surface area contributed by atoms with Crippen molar-refractivity contribution < 1.29 is 4.79 Å². The Morgan fingerprint density at radius 3 is 2.95 bits per heavy atom. The molecule has 3 aromatic rings. The van der Waals surface area contributed by atoms with Crippen LogP contribution in [0.25, 0.3) is 10.9 Å². The van der Waals surface area contributed by atoms with Crippen molar-refractivity contribution in [3.05, 3.63) is 41.2 Å². The van der Waals surface area contributed by atoms with Gasteiger partial charge in [0.15, 0.2) is 5.82 Å². The van der Waals surface area contributed by atoms with Gasteiger partial charge in [-0.25, -0.2) is 0 Å². The smallest absolute Gasteiger partial charge is 0.254 e. The Kier molecular flexibility index (Phi) is 2.45. The number of nitrogens with zero attached hydrogens (tertiary/aromatic N) is 2. The standard InChI is InChI=1S/C12H12N6O/c13-11-10(12(14)19)9(17-18-11)4-6-1-2-8-7(3-6)5-15-16-8/h1-3,5H,4H2,(H2,14,19)(H,15,16)(H3,13,17,18). The van der Waals surface area contributed by atoms with Gasteiger partial charge in [-0.3, -0.25) is 15.0 Å². The van der Waals surface area contributed by atoms with Crippen LogP contribution in [0.4, 0.5) is 5.82 Å². The van der Waals surface area contributed by atoms with E-state index in [4.69, 9.17) is 11.5 Å². The van der Waals surface area contributed by atoms with Crippen LogP contribution in [0.2, 0.25) is 0 Å². The number of fused-ring (bicyclic) bond motifs is 1. The minimum Gasteiger partial charge on any atom is -0.382 e. The maximum Gasteiger partial charge on any atom is 0.254 e. The summed E-state index contributed by atoms with van der Waals surface area (Å²) in [6, 6.07) is 5.87. The Morgan fingerprint density at radius 1 is 1.32 bits per heavy atom. The molecule has 0 aliphatic carbocycles. The number of hydrogen-bond donors (Lipinski definition) is 4. The van der Waals surface area contributed by atoms with Gasteiger partial charge in [0.2, 0.25) is 0 Å². The van der Waals surface area contributed by atoms with Crippen LogP contribution in [-0.2, 0) is 6.42 Å². The third-order valence-electron chi connectivity index (χ3n) is 3.00. The molecule has 7 nitrogen and oxygen atoms in total. The lowest BCUT2D eigenvalue weighted by molar-refractivity contribution is 0.100. The highest BCUT2D eigenvalue weighted by Crippen LogP contribution is 2.19. The number of benzene rings is 1. The molecular formula is C12H12N6O. The van der Waals surface area contributed by atoms with E-state index >= 15 is 0 Å². The quantitative estimate of drug-likeness (QED) is 0.546. The molecule has 0 saturated heterocycles. The molecule has 1 aromatic carbocycles. The first-order valence-corrected chi connectivity index (χ1v) is 5.69. The summed E-state index contributed by atoms with van der Waals surface area (Å²) in [6.45, 7) is 0. The molecule has 96 valence electrons. The molecule has 0 spiro atoms. The second-order valence-corrected chi connectivity index (χ2v) is 4.30. The third-order valence-corrected chi connectivity index (χ3v) is 3.00. The highest BCUT2D eigenvalue weighted by Gasteiger charge is 2.16. The summed E-state index contributed by atoms with van der Waals surface area (Å²) in [5, 5.41) is 14.4. The summed E-state index contributed by atoms with van der Waals surface area (Å²) in [7, 11) is 0. The van der Waals surface area contributed by atoms with Crippen LogP contribution in [0.5, 0.6) is 0 Å². The van der Waals surface area contributed by atoms with Gasteiger partial charge < -0.3 is 11.5 Å². The fourth-order valence-electron chi connectivity index (χ4n) is 2.10. The van der Waals surface area contributed by atoms with Gasteiger partial charge in [-0.1, -0.05) is 6.07 Å². The second kappa shape index (κ2) is 4.13. The van der Waals surface area contributed by atoms with Crippen LogP contribution >= 0.6 is 0 Å². The normalized spacial score (nSPS) is 10.9. The van der Waals surface area contributed by atoms with Crippen molar-refractivity contribution >= 4 is 22.6 Å². The van der Waals surface area contributed by atoms with Gasteiger partial charge in [0.1, 0.15) is 5.56 Å². The number of anilines is 1. The van der Waals surface area contributed by atoms with Crippen LogP contribution in [0, 0.1) is 0 Å². The van der Waals surface area contributed by atoms with Crippen molar-refractivity contribution in [2.45, 2.75) is 6.42 Å². The van der Waals surface area contributed by atoms with E-state index in [9.17, 15) is 4.79 Å². The second-order valence-electron chi connectivity index (χ2n) is 4.30. The SMILES string of the molecule is NC(=O)c1c(N)n[nH]c1Cc1ccc2[nH]ncc2c1. The van der Waals surface area contributed by atoms with E-state index in [0.717, 1.165) is 16.5 Å². The van der Waals surface area contributed by atoms with E-state index < -0.39 is 5.91 Å². The highest BCUT2D eigenvalue weighted by molar-refractivity contribution is 5.98. The van der Waals surface area contributed by atoms with E-state index in [0.29, 0.717) is 12.1 Å². The Balaban J connectivity index is 1.98. The van der Waals surface area contributed by atoms with Gasteiger partial charge in [-0.15, -0.1) is 0 Å². The Morgan fingerprint density at radius 2 is 2.16 bits per heavy atom. The lowest BCUT2D eigenvalue weighted by Crippen LogP contribution is -2.14. The average molecular weight is 256 g/mol. The average Bonchev–Trinajstić information content (AvgIpc) is 2.95. The van der Waals surface area contributed by atoms with Gasteiger partial charge in [-0.2, -0.15) is 10.2 Å². The van der Waals surface area contributed by atoms with Crippen LogP contribution in [-0.4, -0.2) is 26.3 Å². The van der Waals surface area contributed by atoms with Crippen LogP contribution in [0.3, 0.4) is 0 Å². The van der Waals surface area contributed by atoms with Gasteiger partial charge >= 0.3 is 0 Å². The number of nitrogen functional groups attached to an aromatic ring is 1. The minimum absolute atomic E-state index is 0.131. The number of nitrogens with one attached hydrogen (secondary N) is 2. The maximum atomic E-state index is 11.3. The molecule has 1 amide bonds. The molecule has 19 heavy (non-hydrogen) atoms.